The van der Waals surface area contributed by atoms with E-state index in [4.69, 9.17) is 0 Å². The largest absolute Gasteiger partial charge is 1.00 e. The maximum atomic E-state index is 2.00. The maximum Gasteiger partial charge on any atom is 0.00506 e. The van der Waals surface area contributed by atoms with Crippen LogP contribution in [0.2, 0.25) is 0 Å². The Bertz CT molecular complexity index is 148. The summed E-state index contributed by atoms with van der Waals surface area (Å²) in [5.41, 5.74) is 0. The van der Waals surface area contributed by atoms with E-state index in [1.165, 1.54) is 0 Å². The molecule has 2 aliphatic carbocycles. The van der Waals surface area contributed by atoms with Gasteiger partial charge in [0.1, 0.15) is 0 Å². The number of halogens is 1. The summed E-state index contributed by atoms with van der Waals surface area (Å²) in [6.45, 7) is 0. The Morgan fingerprint density at radius 2 is 0.667 bits per heavy atom. The van der Waals surface area contributed by atoms with Crippen molar-refractivity contribution < 1.29 is 38.6 Å². The molecule has 0 fully saturated rings. The van der Waals surface area contributed by atoms with Crippen LogP contribution in [0.1, 0.15) is 0 Å². The normalized spacial score (nSPS) is 14.7. The average Bonchev–Trinajstić information content (AvgIpc) is 2.67. The van der Waals surface area contributed by atoms with Crippen LogP contribution < -0.4 is 12.4 Å². The number of rotatable bonds is 0. The molecule has 0 atom stereocenters. The van der Waals surface area contributed by atoms with Gasteiger partial charge in [0.2, 0.25) is 0 Å². The molecule has 62 valence electrons. The molecule has 0 saturated heterocycles. The predicted molar refractivity (Wildman–Crippen MR) is 45.2 cm³/mol. The zero-order valence-corrected chi connectivity index (χ0v) is 9.87. The van der Waals surface area contributed by atoms with Gasteiger partial charge in [0.15, 0.2) is 0 Å². The van der Waals surface area contributed by atoms with Crippen molar-refractivity contribution >= 4 is 0 Å². The predicted octanol–water partition coefficient (Wildman–Crippen LogP) is -0.365. The summed E-state index contributed by atoms with van der Waals surface area (Å²) in [5, 5.41) is 0. The summed E-state index contributed by atoms with van der Waals surface area (Å²) < 4.78 is 0. The molecular formula is C10H10ClZr-. The first kappa shape index (κ1) is 14.6. The molecule has 0 nitrogen and oxygen atoms in total. The van der Waals surface area contributed by atoms with Crippen molar-refractivity contribution in [2.45, 2.75) is 0 Å². The molecule has 0 amide bonds. The fourth-order valence-corrected chi connectivity index (χ4v) is 0.642. The minimum Gasteiger partial charge on any atom is -1.00 e. The van der Waals surface area contributed by atoms with Gasteiger partial charge in [0.05, 0.1) is 0 Å². The van der Waals surface area contributed by atoms with E-state index in [0.29, 0.717) is 0 Å². The molecule has 0 saturated carbocycles. The minimum atomic E-state index is 0. The second-order valence-corrected chi connectivity index (χ2v) is 1.92. The molecule has 2 aliphatic rings. The van der Waals surface area contributed by atoms with E-state index in [9.17, 15) is 0 Å². The summed E-state index contributed by atoms with van der Waals surface area (Å²) in [4.78, 5) is 0. The van der Waals surface area contributed by atoms with Gasteiger partial charge in [0, 0.05) is 39.0 Å². The standard InChI is InChI=1S/2C5H5.ClH.Zr/c2*1-2-4-5-3-1;;/h2*1-5H;1H;/p-1. The van der Waals surface area contributed by atoms with Crippen molar-refractivity contribution in [3.05, 3.63) is 61.4 Å². The molecule has 12 heavy (non-hydrogen) atoms. The van der Waals surface area contributed by atoms with Gasteiger partial charge in [-0.1, -0.05) is 48.6 Å². The van der Waals surface area contributed by atoms with Crippen molar-refractivity contribution in [3.8, 4) is 0 Å². The Balaban J connectivity index is 0. The summed E-state index contributed by atoms with van der Waals surface area (Å²) in [6.07, 6.45) is 20.0. The fraction of sp³-hybridized carbons (Fsp3) is 0. The van der Waals surface area contributed by atoms with Crippen molar-refractivity contribution in [1.29, 1.82) is 0 Å². The minimum absolute atomic E-state index is 0. The third-order valence-corrected chi connectivity index (χ3v) is 1.11. The summed E-state index contributed by atoms with van der Waals surface area (Å²) in [7, 11) is 0. The molecule has 0 unspecified atom stereocenters. The molecule has 0 aromatic carbocycles. The fourth-order valence-electron chi connectivity index (χ4n) is 0.642. The van der Waals surface area contributed by atoms with Crippen LogP contribution in [0.15, 0.2) is 48.6 Å². The molecule has 0 spiro atoms. The maximum absolute atomic E-state index is 2.00. The smallest absolute Gasteiger partial charge is 0.00506 e. The van der Waals surface area contributed by atoms with E-state index in [2.05, 4.69) is 0 Å². The Kier molecular flexibility index (Phi) is 13.6. The first-order valence-electron chi connectivity index (χ1n) is 3.33. The monoisotopic (exact) mass is 255 g/mol. The van der Waals surface area contributed by atoms with Crippen molar-refractivity contribution in [3.63, 3.8) is 0 Å². The quantitative estimate of drug-likeness (QED) is 0.555. The second kappa shape index (κ2) is 11.1. The summed E-state index contributed by atoms with van der Waals surface area (Å²) in [5.74, 6) is 0. The van der Waals surface area contributed by atoms with Gasteiger partial charge in [-0.25, -0.2) is 0 Å². The topological polar surface area (TPSA) is 0 Å². The Morgan fingerprint density at radius 1 is 0.417 bits per heavy atom. The molecule has 0 aromatic rings. The molecule has 0 aromatic heterocycles. The van der Waals surface area contributed by atoms with Gasteiger partial charge in [0.25, 0.3) is 0 Å². The number of hydrogen-bond acceptors (Lipinski definition) is 0. The Morgan fingerprint density at radius 3 is 0.750 bits per heavy atom. The molecule has 2 rings (SSSR count). The van der Waals surface area contributed by atoms with Gasteiger partial charge in [-0.05, 0) is 0 Å². The number of allylic oxidation sites excluding steroid dienone is 8. The van der Waals surface area contributed by atoms with Crippen LogP contribution in [-0.4, -0.2) is 0 Å². The van der Waals surface area contributed by atoms with Crippen molar-refractivity contribution in [2.75, 3.05) is 0 Å². The summed E-state index contributed by atoms with van der Waals surface area (Å²) >= 11 is 0. The first-order valence-corrected chi connectivity index (χ1v) is 3.33. The van der Waals surface area contributed by atoms with Gasteiger partial charge in [-0.15, -0.1) is 0 Å². The molecule has 0 heterocycles. The molecule has 0 N–H and O–H groups in total. The molecule has 2 radical (unpaired) electrons. The van der Waals surface area contributed by atoms with Crippen LogP contribution in [-0.2, 0) is 26.2 Å². The zero-order chi connectivity index (χ0) is 7.07. The van der Waals surface area contributed by atoms with Gasteiger partial charge in [-0.3, -0.25) is 0 Å². The van der Waals surface area contributed by atoms with E-state index >= 15 is 0 Å². The van der Waals surface area contributed by atoms with Crippen LogP contribution in [0.25, 0.3) is 0 Å². The van der Waals surface area contributed by atoms with E-state index in [0.717, 1.165) is 0 Å². The van der Waals surface area contributed by atoms with Gasteiger partial charge < -0.3 is 12.4 Å². The van der Waals surface area contributed by atoms with Crippen LogP contribution in [0.3, 0.4) is 0 Å². The van der Waals surface area contributed by atoms with E-state index in [-0.39, 0.29) is 38.6 Å². The van der Waals surface area contributed by atoms with Crippen molar-refractivity contribution in [1.82, 2.24) is 0 Å². The zero-order valence-electron chi connectivity index (χ0n) is 6.65. The number of hydrogen-bond donors (Lipinski definition) is 0. The third kappa shape index (κ3) is 8.23. The van der Waals surface area contributed by atoms with Crippen LogP contribution in [0.5, 0.6) is 0 Å². The average molecular weight is 257 g/mol. The third-order valence-electron chi connectivity index (χ3n) is 1.11. The molecule has 2 heteroatoms. The van der Waals surface area contributed by atoms with Crippen LogP contribution in [0, 0.1) is 12.8 Å². The van der Waals surface area contributed by atoms with E-state index < -0.39 is 0 Å². The summed E-state index contributed by atoms with van der Waals surface area (Å²) in [6, 6.07) is 0. The van der Waals surface area contributed by atoms with Gasteiger partial charge >= 0.3 is 0 Å². The van der Waals surface area contributed by atoms with Crippen LogP contribution in [0.4, 0.5) is 0 Å². The Hall–Kier alpha value is 0.133. The molecular weight excluding hydrogens is 247 g/mol. The SMILES string of the molecule is [CH]1C=CC=C1.[CH]1C=CC=C1.[Cl-].[Zr]. The van der Waals surface area contributed by atoms with E-state index in [1.807, 2.05) is 61.4 Å². The van der Waals surface area contributed by atoms with Crippen LogP contribution >= 0.6 is 0 Å². The molecule has 0 bridgehead atoms. The van der Waals surface area contributed by atoms with Gasteiger partial charge in [-0.2, -0.15) is 0 Å². The first-order chi connectivity index (χ1) is 5.00. The van der Waals surface area contributed by atoms with Crippen molar-refractivity contribution in [2.24, 2.45) is 0 Å². The Labute approximate surface area is 99.7 Å². The molecule has 0 aliphatic heterocycles. The van der Waals surface area contributed by atoms with E-state index in [1.54, 1.807) is 0 Å². The second-order valence-electron chi connectivity index (χ2n) is 1.92.